The molecule has 0 aliphatic heterocycles. The minimum atomic E-state index is -0.217. The van der Waals surface area contributed by atoms with E-state index in [0.29, 0.717) is 0 Å². The third-order valence-electron chi connectivity index (χ3n) is 3.48. The summed E-state index contributed by atoms with van der Waals surface area (Å²) in [5, 5.41) is 7.07. The van der Waals surface area contributed by atoms with Crippen molar-refractivity contribution < 1.29 is 9.53 Å². The number of carbonyl (C=O) groups is 1. The lowest BCUT2D eigenvalue weighted by Gasteiger charge is -2.13. The summed E-state index contributed by atoms with van der Waals surface area (Å²) in [5.41, 5.74) is 2.57. The van der Waals surface area contributed by atoms with Gasteiger partial charge in [-0.25, -0.2) is 0 Å². The van der Waals surface area contributed by atoms with Gasteiger partial charge in [0.2, 0.25) is 5.91 Å². The average Bonchev–Trinajstić information content (AvgIpc) is 2.73. The van der Waals surface area contributed by atoms with Gasteiger partial charge in [-0.15, -0.1) is 11.8 Å². The second-order valence-electron chi connectivity index (χ2n) is 5.10. The molecule has 1 atom stereocenters. The molecule has 6 heteroatoms. The molecular formula is C16H21N3O2S. The minimum Gasteiger partial charge on any atom is -0.497 e. The molecule has 0 spiro atoms. The fourth-order valence-electron chi connectivity index (χ4n) is 2.11. The molecule has 2 rings (SSSR count). The first-order valence-electron chi connectivity index (χ1n) is 7.04. The topological polar surface area (TPSA) is 56.1 Å². The Morgan fingerprint density at radius 2 is 2.14 bits per heavy atom. The smallest absolute Gasteiger partial charge is 0.237 e. The van der Waals surface area contributed by atoms with Gasteiger partial charge in [0.1, 0.15) is 5.75 Å². The number of anilines is 1. The summed E-state index contributed by atoms with van der Waals surface area (Å²) in [6, 6.07) is 7.70. The number of benzene rings is 1. The summed E-state index contributed by atoms with van der Waals surface area (Å²) in [7, 11) is 3.50. The van der Waals surface area contributed by atoms with E-state index in [0.717, 1.165) is 27.7 Å². The molecule has 1 amide bonds. The molecule has 1 aromatic heterocycles. The molecule has 0 aliphatic carbocycles. The first kappa shape index (κ1) is 16.4. The number of carbonyl (C=O) groups excluding carboxylic acids is 1. The molecular weight excluding hydrogens is 298 g/mol. The first-order valence-corrected chi connectivity index (χ1v) is 7.92. The van der Waals surface area contributed by atoms with E-state index in [4.69, 9.17) is 4.74 Å². The quantitative estimate of drug-likeness (QED) is 0.860. The minimum absolute atomic E-state index is 0.0352. The van der Waals surface area contributed by atoms with Crippen LogP contribution in [0, 0.1) is 13.8 Å². The van der Waals surface area contributed by atoms with Crippen molar-refractivity contribution in [2.45, 2.75) is 30.9 Å². The number of amides is 1. The Morgan fingerprint density at radius 1 is 1.41 bits per heavy atom. The Bertz CT molecular complexity index is 682. The number of nitrogens with one attached hydrogen (secondary N) is 1. The number of rotatable bonds is 5. The summed E-state index contributed by atoms with van der Waals surface area (Å²) in [4.78, 5) is 13.4. The van der Waals surface area contributed by atoms with Gasteiger partial charge in [0.05, 0.1) is 29.4 Å². The van der Waals surface area contributed by atoms with Gasteiger partial charge in [-0.3, -0.25) is 9.48 Å². The molecule has 0 unspecified atom stereocenters. The Kier molecular flexibility index (Phi) is 5.13. The highest BCUT2D eigenvalue weighted by atomic mass is 32.2. The number of methoxy groups -OCH3 is 1. The fraction of sp³-hybridized carbons (Fsp3) is 0.375. The standard InChI is InChI=1S/C16H21N3O2S/c1-10-15(11(2)19(4)18-10)17-16(20)12(3)22-14-8-6-7-13(9-14)21-5/h6-9,12H,1-5H3,(H,17,20)/t12-/m0/s1. The molecule has 22 heavy (non-hydrogen) atoms. The first-order chi connectivity index (χ1) is 10.4. The van der Waals surface area contributed by atoms with Gasteiger partial charge in [-0.2, -0.15) is 5.10 Å². The third-order valence-corrected chi connectivity index (χ3v) is 4.57. The van der Waals surface area contributed by atoms with Gasteiger partial charge in [0, 0.05) is 11.9 Å². The zero-order valence-electron chi connectivity index (χ0n) is 13.5. The monoisotopic (exact) mass is 319 g/mol. The number of aryl methyl sites for hydroxylation is 2. The van der Waals surface area contributed by atoms with Crippen LogP contribution in [0.3, 0.4) is 0 Å². The van der Waals surface area contributed by atoms with Gasteiger partial charge in [0.25, 0.3) is 0 Å². The average molecular weight is 319 g/mol. The van der Waals surface area contributed by atoms with Crippen LogP contribution in [-0.4, -0.2) is 28.0 Å². The number of nitrogens with zero attached hydrogens (tertiary/aromatic N) is 2. The van der Waals surface area contributed by atoms with Crippen molar-refractivity contribution >= 4 is 23.4 Å². The molecule has 1 aromatic carbocycles. The summed E-state index contributed by atoms with van der Waals surface area (Å²) >= 11 is 1.50. The maximum absolute atomic E-state index is 12.4. The molecule has 0 aliphatic rings. The van der Waals surface area contributed by atoms with Crippen molar-refractivity contribution in [3.05, 3.63) is 35.7 Å². The van der Waals surface area contributed by atoms with E-state index in [1.807, 2.05) is 52.1 Å². The maximum Gasteiger partial charge on any atom is 0.237 e. The highest BCUT2D eigenvalue weighted by Gasteiger charge is 2.18. The summed E-state index contributed by atoms with van der Waals surface area (Å²) in [6.07, 6.45) is 0. The van der Waals surface area contributed by atoms with Crippen molar-refractivity contribution in [2.24, 2.45) is 7.05 Å². The van der Waals surface area contributed by atoms with E-state index in [-0.39, 0.29) is 11.2 Å². The number of thioether (sulfide) groups is 1. The predicted molar refractivity (Wildman–Crippen MR) is 89.6 cm³/mol. The SMILES string of the molecule is COc1cccc(S[C@@H](C)C(=O)Nc2c(C)nn(C)c2C)c1. The molecule has 2 aromatic rings. The van der Waals surface area contributed by atoms with E-state index in [1.54, 1.807) is 11.8 Å². The summed E-state index contributed by atoms with van der Waals surface area (Å²) in [5.74, 6) is 0.753. The molecule has 0 fully saturated rings. The van der Waals surface area contributed by atoms with Crippen LogP contribution >= 0.6 is 11.8 Å². The molecule has 1 heterocycles. The number of aromatic nitrogens is 2. The third kappa shape index (κ3) is 3.62. The zero-order valence-corrected chi connectivity index (χ0v) is 14.3. The molecule has 0 radical (unpaired) electrons. The summed E-state index contributed by atoms with van der Waals surface area (Å²) in [6.45, 7) is 5.72. The lowest BCUT2D eigenvalue weighted by molar-refractivity contribution is -0.115. The van der Waals surface area contributed by atoms with Gasteiger partial charge in [-0.05, 0) is 39.0 Å². The van der Waals surface area contributed by atoms with Crippen LogP contribution in [0.25, 0.3) is 0 Å². The molecule has 0 saturated carbocycles. The molecule has 5 nitrogen and oxygen atoms in total. The second kappa shape index (κ2) is 6.87. The Hall–Kier alpha value is -1.95. The van der Waals surface area contributed by atoms with E-state index in [9.17, 15) is 4.79 Å². The lowest BCUT2D eigenvalue weighted by atomic mass is 10.3. The van der Waals surface area contributed by atoms with E-state index >= 15 is 0 Å². The number of hydrogen-bond acceptors (Lipinski definition) is 4. The van der Waals surface area contributed by atoms with Crippen molar-refractivity contribution in [3.63, 3.8) is 0 Å². The van der Waals surface area contributed by atoms with Crippen molar-refractivity contribution in [1.29, 1.82) is 0 Å². The predicted octanol–water partition coefficient (Wildman–Crippen LogP) is 3.16. The second-order valence-corrected chi connectivity index (χ2v) is 6.51. The van der Waals surface area contributed by atoms with Crippen molar-refractivity contribution in [1.82, 2.24) is 9.78 Å². The molecule has 118 valence electrons. The normalized spacial score (nSPS) is 12.0. The van der Waals surface area contributed by atoms with Crippen LogP contribution in [0.5, 0.6) is 5.75 Å². The van der Waals surface area contributed by atoms with E-state index in [1.165, 1.54) is 11.8 Å². The number of hydrogen-bond donors (Lipinski definition) is 1. The molecule has 0 saturated heterocycles. The fourth-order valence-corrected chi connectivity index (χ4v) is 3.03. The summed E-state index contributed by atoms with van der Waals surface area (Å²) < 4.78 is 6.97. The van der Waals surface area contributed by atoms with Crippen LogP contribution in [0.1, 0.15) is 18.3 Å². The van der Waals surface area contributed by atoms with Crippen LogP contribution < -0.4 is 10.1 Å². The van der Waals surface area contributed by atoms with Crippen LogP contribution in [0.2, 0.25) is 0 Å². The van der Waals surface area contributed by atoms with E-state index in [2.05, 4.69) is 10.4 Å². The lowest BCUT2D eigenvalue weighted by Crippen LogP contribution is -2.23. The zero-order chi connectivity index (χ0) is 16.3. The Labute approximate surface area is 135 Å². The van der Waals surface area contributed by atoms with Gasteiger partial charge in [-0.1, -0.05) is 6.07 Å². The molecule has 1 N–H and O–H groups in total. The van der Waals surface area contributed by atoms with Gasteiger partial charge in [0.15, 0.2) is 0 Å². The Balaban J connectivity index is 2.05. The maximum atomic E-state index is 12.4. The van der Waals surface area contributed by atoms with Crippen LogP contribution in [0.15, 0.2) is 29.2 Å². The highest BCUT2D eigenvalue weighted by Crippen LogP contribution is 2.28. The van der Waals surface area contributed by atoms with Gasteiger partial charge >= 0.3 is 0 Å². The van der Waals surface area contributed by atoms with Crippen molar-refractivity contribution in [2.75, 3.05) is 12.4 Å². The largest absolute Gasteiger partial charge is 0.497 e. The van der Waals surface area contributed by atoms with Crippen LogP contribution in [-0.2, 0) is 11.8 Å². The van der Waals surface area contributed by atoms with Gasteiger partial charge < -0.3 is 10.1 Å². The van der Waals surface area contributed by atoms with E-state index < -0.39 is 0 Å². The number of ether oxygens (including phenoxy) is 1. The van der Waals surface area contributed by atoms with Crippen molar-refractivity contribution in [3.8, 4) is 5.75 Å². The highest BCUT2D eigenvalue weighted by molar-refractivity contribution is 8.00. The molecule has 0 bridgehead atoms. The Morgan fingerprint density at radius 3 is 2.73 bits per heavy atom. The van der Waals surface area contributed by atoms with Crippen LogP contribution in [0.4, 0.5) is 5.69 Å².